The van der Waals surface area contributed by atoms with E-state index < -0.39 is 0 Å². The summed E-state index contributed by atoms with van der Waals surface area (Å²) in [5, 5.41) is 6.05. The Morgan fingerprint density at radius 3 is 2.89 bits per heavy atom. The minimum Gasteiger partial charge on any atom is -0.397 e. The summed E-state index contributed by atoms with van der Waals surface area (Å²) >= 11 is 1.38. The van der Waals surface area contributed by atoms with Crippen LogP contribution in [-0.2, 0) is 12.8 Å². The van der Waals surface area contributed by atoms with E-state index >= 15 is 0 Å². The molecule has 2 aromatic carbocycles. The van der Waals surface area contributed by atoms with Gasteiger partial charge in [-0.1, -0.05) is 43.3 Å². The highest BCUT2D eigenvalue weighted by Crippen LogP contribution is 2.37. The fourth-order valence-corrected chi connectivity index (χ4v) is 5.05. The molecule has 4 nitrogen and oxygen atoms in total. The average Bonchev–Trinajstić information content (AvgIpc) is 3.02. The number of pyridine rings is 1. The normalized spacial score (nSPS) is 16.2. The molecule has 28 heavy (non-hydrogen) atoms. The van der Waals surface area contributed by atoms with Crippen LogP contribution in [0.2, 0.25) is 0 Å². The number of anilines is 2. The van der Waals surface area contributed by atoms with E-state index in [1.54, 1.807) is 0 Å². The highest BCUT2D eigenvalue weighted by molar-refractivity contribution is 7.21. The van der Waals surface area contributed by atoms with Gasteiger partial charge in [0.2, 0.25) is 0 Å². The lowest BCUT2D eigenvalue weighted by atomic mass is 9.87. The second kappa shape index (κ2) is 6.60. The summed E-state index contributed by atoms with van der Waals surface area (Å²) in [6.07, 6.45) is 3.20. The largest absolute Gasteiger partial charge is 0.397 e. The number of thiophene rings is 1. The third-order valence-corrected chi connectivity index (χ3v) is 6.69. The predicted octanol–water partition coefficient (Wildman–Crippen LogP) is 5.41. The van der Waals surface area contributed by atoms with Gasteiger partial charge in [0, 0.05) is 22.2 Å². The van der Waals surface area contributed by atoms with E-state index in [1.807, 2.05) is 42.5 Å². The van der Waals surface area contributed by atoms with Crippen molar-refractivity contribution in [2.75, 3.05) is 11.1 Å². The minimum atomic E-state index is -0.178. The molecule has 2 heterocycles. The maximum Gasteiger partial charge on any atom is 0.267 e. The van der Waals surface area contributed by atoms with E-state index in [1.165, 1.54) is 23.3 Å². The van der Waals surface area contributed by atoms with E-state index in [4.69, 9.17) is 10.7 Å². The van der Waals surface area contributed by atoms with Crippen molar-refractivity contribution in [1.29, 1.82) is 0 Å². The topological polar surface area (TPSA) is 68.0 Å². The van der Waals surface area contributed by atoms with Crippen LogP contribution in [0.15, 0.2) is 48.5 Å². The summed E-state index contributed by atoms with van der Waals surface area (Å²) < 4.78 is 0. The van der Waals surface area contributed by atoms with Crippen molar-refractivity contribution < 1.29 is 4.79 Å². The van der Waals surface area contributed by atoms with Gasteiger partial charge in [-0.25, -0.2) is 4.98 Å². The number of nitrogen functional groups attached to an aromatic ring is 1. The molecule has 1 aliphatic rings. The zero-order valence-electron chi connectivity index (χ0n) is 15.7. The maximum atomic E-state index is 13.0. The maximum absolute atomic E-state index is 13.0. The Bertz CT molecular complexity index is 1220. The predicted molar refractivity (Wildman–Crippen MR) is 117 cm³/mol. The second-order valence-electron chi connectivity index (χ2n) is 7.62. The van der Waals surface area contributed by atoms with Gasteiger partial charge in [-0.05, 0) is 48.3 Å². The van der Waals surface area contributed by atoms with Crippen LogP contribution >= 0.6 is 11.3 Å². The van der Waals surface area contributed by atoms with Crippen molar-refractivity contribution >= 4 is 49.6 Å². The zero-order valence-corrected chi connectivity index (χ0v) is 16.5. The van der Waals surface area contributed by atoms with Crippen molar-refractivity contribution in [3.8, 4) is 0 Å². The SMILES string of the molecule is CC1CCc2nc3sc(C(=O)Nc4cccc5ccccc45)c(N)c3cc2C1. The van der Waals surface area contributed by atoms with Crippen LogP contribution in [0.5, 0.6) is 0 Å². The monoisotopic (exact) mass is 387 g/mol. The third kappa shape index (κ3) is 2.83. The van der Waals surface area contributed by atoms with E-state index in [-0.39, 0.29) is 5.91 Å². The lowest BCUT2D eigenvalue weighted by molar-refractivity contribution is 0.103. The molecule has 1 amide bonds. The highest BCUT2D eigenvalue weighted by Gasteiger charge is 2.22. The van der Waals surface area contributed by atoms with E-state index in [0.29, 0.717) is 16.5 Å². The van der Waals surface area contributed by atoms with Gasteiger partial charge in [0.05, 0.1) is 5.69 Å². The first-order valence-electron chi connectivity index (χ1n) is 9.60. The van der Waals surface area contributed by atoms with Crippen LogP contribution in [0.25, 0.3) is 21.0 Å². The fourth-order valence-electron chi connectivity index (χ4n) is 4.05. The third-order valence-electron chi connectivity index (χ3n) is 5.58. The summed E-state index contributed by atoms with van der Waals surface area (Å²) in [5.74, 6) is 0.490. The number of nitrogens with one attached hydrogen (secondary N) is 1. The molecule has 0 radical (unpaired) electrons. The van der Waals surface area contributed by atoms with Crippen LogP contribution in [0.4, 0.5) is 11.4 Å². The first kappa shape index (κ1) is 17.2. The van der Waals surface area contributed by atoms with E-state index in [0.717, 1.165) is 45.2 Å². The first-order valence-corrected chi connectivity index (χ1v) is 10.4. The van der Waals surface area contributed by atoms with Crippen LogP contribution in [0.1, 0.15) is 34.3 Å². The van der Waals surface area contributed by atoms with Gasteiger partial charge in [-0.2, -0.15) is 0 Å². The molecule has 0 bridgehead atoms. The Morgan fingerprint density at radius 2 is 2.00 bits per heavy atom. The number of amides is 1. The summed E-state index contributed by atoms with van der Waals surface area (Å²) in [5.41, 5.74) is 10.1. The number of hydrogen-bond donors (Lipinski definition) is 2. The molecule has 3 N–H and O–H groups in total. The highest BCUT2D eigenvalue weighted by atomic mass is 32.1. The summed E-state index contributed by atoms with van der Waals surface area (Å²) in [4.78, 5) is 19.2. The number of aromatic nitrogens is 1. The van der Waals surface area contributed by atoms with Crippen molar-refractivity contribution in [3.05, 3.63) is 64.7 Å². The summed E-state index contributed by atoms with van der Waals surface area (Å²) in [6.45, 7) is 2.27. The van der Waals surface area contributed by atoms with E-state index in [2.05, 4.69) is 18.3 Å². The lowest BCUT2D eigenvalue weighted by Gasteiger charge is -2.20. The van der Waals surface area contributed by atoms with Gasteiger partial charge in [0.1, 0.15) is 9.71 Å². The molecule has 4 aromatic rings. The molecular formula is C23H21N3OS. The van der Waals surface area contributed by atoms with Gasteiger partial charge < -0.3 is 11.1 Å². The van der Waals surface area contributed by atoms with Crippen LogP contribution < -0.4 is 11.1 Å². The van der Waals surface area contributed by atoms with Gasteiger partial charge in [0.25, 0.3) is 5.91 Å². The standard InChI is InChI=1S/C23H21N3OS/c1-13-9-10-18-15(11-13)12-17-20(24)21(28-23(17)26-18)22(27)25-19-8-4-6-14-5-2-3-7-16(14)19/h2-8,12-13H,9-11,24H2,1H3,(H,25,27). The molecule has 1 atom stereocenters. The molecule has 5 heteroatoms. The zero-order chi connectivity index (χ0) is 19.3. The Labute approximate surface area is 167 Å². The molecule has 2 aromatic heterocycles. The van der Waals surface area contributed by atoms with Crippen molar-refractivity contribution in [1.82, 2.24) is 4.98 Å². The second-order valence-corrected chi connectivity index (χ2v) is 8.62. The van der Waals surface area contributed by atoms with Gasteiger partial charge in [0.15, 0.2) is 0 Å². The number of nitrogens with zero attached hydrogens (tertiary/aromatic N) is 1. The number of carbonyl (C=O) groups excluding carboxylic acids is 1. The molecule has 0 spiro atoms. The number of nitrogens with two attached hydrogens (primary N) is 1. The molecular weight excluding hydrogens is 366 g/mol. The molecule has 0 aliphatic heterocycles. The molecule has 5 rings (SSSR count). The molecule has 140 valence electrons. The fraction of sp³-hybridized carbons (Fsp3) is 0.217. The van der Waals surface area contributed by atoms with Gasteiger partial charge in [-0.3, -0.25) is 4.79 Å². The quantitative estimate of drug-likeness (QED) is 0.483. The Balaban J connectivity index is 1.53. The first-order chi connectivity index (χ1) is 13.6. The van der Waals surface area contributed by atoms with Crippen molar-refractivity contribution in [2.24, 2.45) is 5.92 Å². The van der Waals surface area contributed by atoms with Gasteiger partial charge in [-0.15, -0.1) is 11.3 Å². The molecule has 1 aliphatic carbocycles. The van der Waals surface area contributed by atoms with Crippen molar-refractivity contribution in [3.63, 3.8) is 0 Å². The molecule has 0 fully saturated rings. The smallest absolute Gasteiger partial charge is 0.267 e. The minimum absolute atomic E-state index is 0.178. The number of benzene rings is 2. The summed E-state index contributed by atoms with van der Waals surface area (Å²) in [6, 6.07) is 16.1. The molecule has 0 saturated carbocycles. The van der Waals surface area contributed by atoms with Crippen LogP contribution in [0, 0.1) is 5.92 Å². The Morgan fingerprint density at radius 1 is 1.18 bits per heavy atom. The Kier molecular flexibility index (Phi) is 4.05. The lowest BCUT2D eigenvalue weighted by Crippen LogP contribution is -2.13. The van der Waals surface area contributed by atoms with Crippen LogP contribution in [0.3, 0.4) is 0 Å². The number of fused-ring (bicyclic) bond motifs is 3. The average molecular weight is 388 g/mol. The van der Waals surface area contributed by atoms with E-state index in [9.17, 15) is 4.79 Å². The summed E-state index contributed by atoms with van der Waals surface area (Å²) in [7, 11) is 0. The van der Waals surface area contributed by atoms with Crippen LogP contribution in [-0.4, -0.2) is 10.9 Å². The number of rotatable bonds is 2. The molecule has 0 saturated heterocycles. The number of aryl methyl sites for hydroxylation is 1. The number of carbonyl (C=O) groups is 1. The van der Waals surface area contributed by atoms with Gasteiger partial charge >= 0.3 is 0 Å². The molecule has 1 unspecified atom stereocenters. The van der Waals surface area contributed by atoms with Crippen molar-refractivity contribution in [2.45, 2.75) is 26.2 Å². The number of hydrogen-bond acceptors (Lipinski definition) is 4. The Hall–Kier alpha value is -2.92.